The maximum absolute atomic E-state index is 13.7. The number of nitrogens with zero attached hydrogens (tertiary/aromatic N) is 2. The molecule has 0 unspecified atom stereocenters. The summed E-state index contributed by atoms with van der Waals surface area (Å²) in [6.07, 6.45) is 2.10. The Kier molecular flexibility index (Phi) is 11.1. The average Bonchev–Trinajstić information content (AvgIpc) is 3.50. The number of fused-ring (bicyclic) bond motifs is 1. The van der Waals surface area contributed by atoms with E-state index in [2.05, 4.69) is 23.1 Å². The smallest absolute Gasteiger partial charge is 0.288 e. The van der Waals surface area contributed by atoms with Crippen molar-refractivity contribution in [3.8, 4) is 11.5 Å². The first-order valence-electron chi connectivity index (χ1n) is 14.9. The van der Waals surface area contributed by atoms with Gasteiger partial charge < -0.3 is 38.4 Å². The van der Waals surface area contributed by atoms with Crippen molar-refractivity contribution in [1.29, 1.82) is 0 Å². The first-order valence-corrected chi connectivity index (χ1v) is 14.9. The van der Waals surface area contributed by atoms with E-state index >= 15 is 0 Å². The minimum absolute atomic E-state index is 0.00154. The first-order chi connectivity index (χ1) is 20.7. The van der Waals surface area contributed by atoms with Crippen LogP contribution in [0.25, 0.3) is 0 Å². The molecule has 0 radical (unpaired) electrons. The van der Waals surface area contributed by atoms with Crippen LogP contribution in [0.5, 0.6) is 11.5 Å². The van der Waals surface area contributed by atoms with Crippen molar-refractivity contribution in [3.63, 3.8) is 0 Å². The fourth-order valence-corrected chi connectivity index (χ4v) is 5.65. The second kappa shape index (κ2) is 15.4. The van der Waals surface area contributed by atoms with Crippen LogP contribution in [0, 0.1) is 5.92 Å². The van der Waals surface area contributed by atoms with Crippen LogP contribution in [0.4, 0.5) is 0 Å². The maximum Gasteiger partial charge on any atom is 0.288 e. The lowest BCUT2D eigenvalue weighted by Gasteiger charge is -2.39. The van der Waals surface area contributed by atoms with Crippen molar-refractivity contribution in [3.05, 3.63) is 71.5 Å². The van der Waals surface area contributed by atoms with Gasteiger partial charge in [0.15, 0.2) is 17.3 Å². The van der Waals surface area contributed by atoms with Gasteiger partial charge in [-0.1, -0.05) is 36.4 Å². The molecule has 0 bridgehead atoms. The number of amides is 1. The van der Waals surface area contributed by atoms with Gasteiger partial charge in [-0.2, -0.15) is 0 Å². The second-order valence-electron chi connectivity index (χ2n) is 10.6. The average molecular weight is 583 g/mol. The highest BCUT2D eigenvalue weighted by atomic mass is 16.7. The van der Waals surface area contributed by atoms with E-state index in [-0.39, 0.29) is 31.1 Å². The van der Waals surface area contributed by atoms with E-state index < -0.39 is 6.29 Å². The number of piperazine rings is 1. The molecule has 42 heavy (non-hydrogen) atoms. The number of hydrogen-bond acceptors (Lipinski definition) is 9. The summed E-state index contributed by atoms with van der Waals surface area (Å²) in [4.78, 5) is 18.0. The number of rotatable bonds is 14. The van der Waals surface area contributed by atoms with Gasteiger partial charge in [0.05, 0.1) is 26.4 Å². The van der Waals surface area contributed by atoms with Crippen LogP contribution in [0.15, 0.2) is 60.4 Å². The summed E-state index contributed by atoms with van der Waals surface area (Å²) < 4.78 is 34.4. The van der Waals surface area contributed by atoms with Crippen LogP contribution >= 0.6 is 0 Å². The van der Waals surface area contributed by atoms with Crippen LogP contribution in [-0.2, 0) is 30.3 Å². The Morgan fingerprint density at radius 1 is 0.952 bits per heavy atom. The Morgan fingerprint density at radius 3 is 2.48 bits per heavy atom. The van der Waals surface area contributed by atoms with E-state index in [0.29, 0.717) is 58.3 Å². The Morgan fingerprint density at radius 2 is 1.71 bits per heavy atom. The van der Waals surface area contributed by atoms with Crippen molar-refractivity contribution < 1.29 is 38.3 Å². The zero-order valence-electron chi connectivity index (χ0n) is 24.3. The molecule has 2 aromatic carbocycles. The Labute approximate surface area is 247 Å². The molecule has 3 aliphatic rings. The molecule has 10 heteroatoms. The molecule has 1 saturated heterocycles. The predicted octanol–water partition coefficient (Wildman–Crippen LogP) is 3.15. The molecule has 5 rings (SSSR count). The molecular weight excluding hydrogens is 540 g/mol. The molecule has 1 fully saturated rings. The van der Waals surface area contributed by atoms with E-state index in [0.717, 1.165) is 42.3 Å². The topological polar surface area (TPSA) is 99.2 Å². The van der Waals surface area contributed by atoms with E-state index in [1.165, 1.54) is 0 Å². The van der Waals surface area contributed by atoms with Gasteiger partial charge in [0.1, 0.15) is 0 Å². The van der Waals surface area contributed by atoms with E-state index in [4.69, 9.17) is 33.5 Å². The minimum Gasteiger partial charge on any atom is -0.459 e. The van der Waals surface area contributed by atoms with E-state index in [1.54, 1.807) is 0 Å². The van der Waals surface area contributed by atoms with Gasteiger partial charge in [-0.05, 0) is 42.7 Å². The second-order valence-corrected chi connectivity index (χ2v) is 10.6. The third-order valence-electron chi connectivity index (χ3n) is 7.82. The number of aliphatic hydroxyl groups excluding tert-OH is 1. The number of ether oxygens (including phenoxy) is 6. The summed E-state index contributed by atoms with van der Waals surface area (Å²) in [5.41, 5.74) is 2.27. The van der Waals surface area contributed by atoms with E-state index in [9.17, 15) is 4.79 Å². The Hall–Kier alpha value is -3.15. The molecular formula is C32H42N2O8. The largest absolute Gasteiger partial charge is 0.459 e. The van der Waals surface area contributed by atoms with Gasteiger partial charge >= 0.3 is 0 Å². The summed E-state index contributed by atoms with van der Waals surface area (Å²) in [6.45, 7) is 7.93. The molecule has 0 spiro atoms. The number of allylic oxidation sites excluding steroid dienone is 1. The number of aliphatic hydroxyl groups is 1. The normalized spacial score (nSPS) is 22.1. The number of carbonyl (C=O) groups is 1. The molecule has 10 nitrogen and oxygen atoms in total. The predicted molar refractivity (Wildman–Crippen MR) is 155 cm³/mol. The fraction of sp³-hybridized carbons (Fsp3) is 0.531. The van der Waals surface area contributed by atoms with Gasteiger partial charge in [0.2, 0.25) is 13.1 Å². The highest BCUT2D eigenvalue weighted by Crippen LogP contribution is 2.39. The van der Waals surface area contributed by atoms with Gasteiger partial charge in [-0.25, -0.2) is 0 Å². The molecule has 3 heterocycles. The number of carbonyl (C=O) groups excluding carboxylic acids is 1. The molecule has 228 valence electrons. The zero-order valence-corrected chi connectivity index (χ0v) is 24.3. The van der Waals surface area contributed by atoms with Crippen LogP contribution < -0.4 is 9.47 Å². The molecule has 1 N–H and O–H groups in total. The lowest BCUT2D eigenvalue weighted by molar-refractivity contribution is -0.172. The van der Waals surface area contributed by atoms with Crippen LogP contribution in [0.3, 0.4) is 0 Å². The summed E-state index contributed by atoms with van der Waals surface area (Å²) >= 11 is 0. The number of hydrogen-bond donors (Lipinski definition) is 1. The van der Waals surface area contributed by atoms with Gasteiger partial charge in [-0.15, -0.1) is 0 Å². The van der Waals surface area contributed by atoms with Crippen LogP contribution in [0.1, 0.15) is 30.4 Å². The highest BCUT2D eigenvalue weighted by Gasteiger charge is 2.39. The molecule has 0 aromatic heterocycles. The van der Waals surface area contributed by atoms with Crippen molar-refractivity contribution in [2.24, 2.45) is 5.92 Å². The summed E-state index contributed by atoms with van der Waals surface area (Å²) in [5.74, 6) is 1.74. The summed E-state index contributed by atoms with van der Waals surface area (Å²) in [7, 11) is 0. The van der Waals surface area contributed by atoms with Crippen molar-refractivity contribution >= 4 is 5.91 Å². The van der Waals surface area contributed by atoms with Crippen molar-refractivity contribution in [2.45, 2.75) is 32.1 Å². The van der Waals surface area contributed by atoms with Crippen LogP contribution in [-0.4, -0.2) is 99.7 Å². The standard InChI is InChI=1S/C32H42N2O8/c1-2-39-32-26(10-16-37-18-19-38-17-15-35)27(25-6-4-3-5-7-25)21-30(42-32)31(36)34-13-11-33(12-14-34)22-24-8-9-28-29(20-24)41-23-40-28/h3-9,20-21,26-27,32,35H,2,10-19,22-23H2,1H3/t26-,27+,32+/m0/s1. The third-order valence-corrected chi connectivity index (χ3v) is 7.82. The molecule has 2 aromatic rings. The SMILES string of the molecule is CCO[C@@H]1OC(C(=O)N2CCN(Cc3ccc4c(c3)OCO4)CC2)=C[C@H](c2ccccc2)[C@@H]1CCOCCOCCO. The Bertz CT molecular complexity index is 1170. The van der Waals surface area contributed by atoms with Gasteiger partial charge in [0.25, 0.3) is 5.91 Å². The number of benzene rings is 2. The third kappa shape index (κ3) is 7.81. The summed E-state index contributed by atoms with van der Waals surface area (Å²) in [5, 5.41) is 8.86. The Balaban J connectivity index is 1.22. The van der Waals surface area contributed by atoms with Crippen molar-refractivity contribution in [1.82, 2.24) is 9.80 Å². The molecule has 3 atom stereocenters. The molecule has 0 aliphatic carbocycles. The lowest BCUT2D eigenvalue weighted by Crippen LogP contribution is -2.50. The van der Waals surface area contributed by atoms with Gasteiger partial charge in [0, 0.05) is 57.8 Å². The fourth-order valence-electron chi connectivity index (χ4n) is 5.65. The highest BCUT2D eigenvalue weighted by molar-refractivity contribution is 5.92. The van der Waals surface area contributed by atoms with Crippen molar-refractivity contribution in [2.75, 3.05) is 72.6 Å². The first kappa shape index (κ1) is 30.3. The molecule has 0 saturated carbocycles. The summed E-state index contributed by atoms with van der Waals surface area (Å²) in [6, 6.07) is 16.2. The van der Waals surface area contributed by atoms with E-state index in [1.807, 2.05) is 48.2 Å². The maximum atomic E-state index is 13.7. The lowest BCUT2D eigenvalue weighted by atomic mass is 9.81. The zero-order chi connectivity index (χ0) is 29.1. The molecule has 1 amide bonds. The van der Waals surface area contributed by atoms with Gasteiger partial charge in [-0.3, -0.25) is 9.69 Å². The molecule has 3 aliphatic heterocycles. The quantitative estimate of drug-likeness (QED) is 0.337. The van der Waals surface area contributed by atoms with Crippen LogP contribution in [0.2, 0.25) is 0 Å². The monoisotopic (exact) mass is 582 g/mol. The minimum atomic E-state index is -0.564.